The molecular formula is C19H19N3O5S2. The smallest absolute Gasteiger partial charge is 0.338 e. The molecule has 10 heteroatoms. The molecule has 0 aliphatic heterocycles. The van der Waals surface area contributed by atoms with Crippen LogP contribution in [-0.2, 0) is 21.3 Å². The van der Waals surface area contributed by atoms with Gasteiger partial charge >= 0.3 is 5.97 Å². The Hall–Kier alpha value is -2.82. The fourth-order valence-electron chi connectivity index (χ4n) is 2.52. The van der Waals surface area contributed by atoms with Gasteiger partial charge in [-0.05, 0) is 48.7 Å². The van der Waals surface area contributed by atoms with Gasteiger partial charge in [-0.25, -0.2) is 22.6 Å². The molecular weight excluding hydrogens is 414 g/mol. The van der Waals surface area contributed by atoms with Gasteiger partial charge in [-0.1, -0.05) is 6.07 Å². The summed E-state index contributed by atoms with van der Waals surface area (Å²) in [5, 5.41) is 6.19. The molecule has 3 rings (SSSR count). The van der Waals surface area contributed by atoms with Crippen LogP contribution in [0.2, 0.25) is 0 Å². The number of hydrogen-bond donors (Lipinski definition) is 1. The zero-order valence-corrected chi connectivity index (χ0v) is 17.2. The first-order valence-electron chi connectivity index (χ1n) is 8.79. The van der Waals surface area contributed by atoms with Gasteiger partial charge in [-0.2, -0.15) is 5.10 Å². The normalized spacial score (nSPS) is 11.3. The molecule has 8 nitrogen and oxygen atoms in total. The molecule has 0 aliphatic carbocycles. The van der Waals surface area contributed by atoms with E-state index in [2.05, 4.69) is 9.82 Å². The quantitative estimate of drug-likeness (QED) is 0.546. The number of hydrogen-bond acceptors (Lipinski definition) is 7. The van der Waals surface area contributed by atoms with Crippen LogP contribution in [0.15, 0.2) is 63.6 Å². The Morgan fingerprint density at radius 2 is 1.93 bits per heavy atom. The maximum atomic E-state index is 12.4. The first-order chi connectivity index (χ1) is 13.9. The molecule has 0 saturated heterocycles. The van der Waals surface area contributed by atoms with E-state index in [1.165, 1.54) is 46.4 Å². The minimum Gasteiger partial charge on any atom is -0.462 e. The van der Waals surface area contributed by atoms with E-state index < -0.39 is 16.0 Å². The molecule has 29 heavy (non-hydrogen) atoms. The monoisotopic (exact) mass is 433 g/mol. The van der Waals surface area contributed by atoms with Crippen LogP contribution in [0.4, 0.5) is 0 Å². The molecule has 1 N–H and O–H groups in total. The average Bonchev–Trinajstić information content (AvgIpc) is 3.24. The van der Waals surface area contributed by atoms with Crippen molar-refractivity contribution in [2.24, 2.45) is 0 Å². The van der Waals surface area contributed by atoms with E-state index >= 15 is 0 Å². The van der Waals surface area contributed by atoms with E-state index in [0.717, 1.165) is 4.88 Å². The van der Waals surface area contributed by atoms with E-state index in [0.29, 0.717) is 5.69 Å². The number of sulfonamides is 1. The Morgan fingerprint density at radius 3 is 2.59 bits per heavy atom. The number of esters is 1. The van der Waals surface area contributed by atoms with Crippen molar-refractivity contribution in [3.05, 3.63) is 69.8 Å². The third-order valence-corrected chi connectivity index (χ3v) is 6.30. The SMILES string of the molecule is CCOC(=O)c1ccc(S(=O)(=O)NCCn2nc(-c3cccs3)ccc2=O)cc1. The molecule has 0 bridgehead atoms. The first-order valence-corrected chi connectivity index (χ1v) is 11.2. The number of nitrogens with one attached hydrogen (secondary N) is 1. The van der Waals surface area contributed by atoms with Gasteiger partial charge in [-0.15, -0.1) is 11.3 Å². The van der Waals surface area contributed by atoms with Crippen LogP contribution in [0.3, 0.4) is 0 Å². The number of carbonyl (C=O) groups excluding carboxylic acids is 1. The Kier molecular flexibility index (Phi) is 6.57. The number of aromatic nitrogens is 2. The molecule has 3 aromatic rings. The summed E-state index contributed by atoms with van der Waals surface area (Å²) >= 11 is 1.50. The van der Waals surface area contributed by atoms with Crippen LogP contribution in [0, 0.1) is 0 Å². The molecule has 1 aromatic carbocycles. The van der Waals surface area contributed by atoms with Crippen LogP contribution >= 0.6 is 11.3 Å². The van der Waals surface area contributed by atoms with Gasteiger partial charge < -0.3 is 4.74 Å². The highest BCUT2D eigenvalue weighted by Gasteiger charge is 2.15. The summed E-state index contributed by atoms with van der Waals surface area (Å²) in [7, 11) is -3.79. The van der Waals surface area contributed by atoms with Crippen LogP contribution in [0.1, 0.15) is 17.3 Å². The van der Waals surface area contributed by atoms with Crippen molar-refractivity contribution in [3.8, 4) is 10.6 Å². The largest absolute Gasteiger partial charge is 0.462 e. The van der Waals surface area contributed by atoms with Gasteiger partial charge in [0.15, 0.2) is 0 Å². The van der Waals surface area contributed by atoms with Crippen molar-refractivity contribution in [2.75, 3.05) is 13.2 Å². The fourth-order valence-corrected chi connectivity index (χ4v) is 4.23. The Labute approximate surface area is 171 Å². The molecule has 0 saturated carbocycles. The number of benzene rings is 1. The summed E-state index contributed by atoms with van der Waals surface area (Å²) in [6.07, 6.45) is 0. The third-order valence-electron chi connectivity index (χ3n) is 3.93. The highest BCUT2D eigenvalue weighted by atomic mass is 32.2. The predicted octanol–water partition coefficient (Wildman–Crippen LogP) is 2.13. The van der Waals surface area contributed by atoms with Crippen LogP contribution in [-0.4, -0.2) is 37.3 Å². The molecule has 2 aromatic heterocycles. The summed E-state index contributed by atoms with van der Waals surface area (Å²) in [6, 6.07) is 12.3. The molecule has 0 unspecified atom stereocenters. The van der Waals surface area contributed by atoms with Crippen molar-refractivity contribution in [1.29, 1.82) is 0 Å². The summed E-state index contributed by atoms with van der Waals surface area (Å²) in [6.45, 7) is 2.00. The van der Waals surface area contributed by atoms with E-state index in [-0.39, 0.29) is 35.7 Å². The van der Waals surface area contributed by atoms with Gasteiger partial charge in [0.25, 0.3) is 5.56 Å². The summed E-state index contributed by atoms with van der Waals surface area (Å²) in [5.41, 5.74) is 0.604. The average molecular weight is 434 g/mol. The fraction of sp³-hybridized carbons (Fsp3) is 0.211. The van der Waals surface area contributed by atoms with Crippen molar-refractivity contribution >= 4 is 27.3 Å². The highest BCUT2D eigenvalue weighted by molar-refractivity contribution is 7.89. The minimum absolute atomic E-state index is 0.0111. The van der Waals surface area contributed by atoms with Crippen LogP contribution < -0.4 is 10.3 Å². The van der Waals surface area contributed by atoms with Crippen molar-refractivity contribution < 1.29 is 17.9 Å². The lowest BCUT2D eigenvalue weighted by Gasteiger charge is -2.09. The van der Waals surface area contributed by atoms with Crippen LogP contribution in [0.25, 0.3) is 10.6 Å². The van der Waals surface area contributed by atoms with Gasteiger partial charge in [-0.3, -0.25) is 4.79 Å². The second kappa shape index (κ2) is 9.12. The molecule has 2 heterocycles. The Bertz CT molecular complexity index is 1140. The second-order valence-electron chi connectivity index (χ2n) is 5.90. The second-order valence-corrected chi connectivity index (χ2v) is 8.61. The lowest BCUT2D eigenvalue weighted by molar-refractivity contribution is 0.0526. The molecule has 0 aliphatic rings. The van der Waals surface area contributed by atoms with E-state index in [4.69, 9.17) is 4.74 Å². The summed E-state index contributed by atoms with van der Waals surface area (Å²) < 4.78 is 33.4. The van der Waals surface area contributed by atoms with E-state index in [1.54, 1.807) is 13.0 Å². The molecule has 0 spiro atoms. The van der Waals surface area contributed by atoms with Gasteiger partial charge in [0.05, 0.1) is 28.5 Å². The van der Waals surface area contributed by atoms with Gasteiger partial charge in [0.1, 0.15) is 5.69 Å². The van der Waals surface area contributed by atoms with Crippen molar-refractivity contribution in [1.82, 2.24) is 14.5 Å². The summed E-state index contributed by atoms with van der Waals surface area (Å²) in [5.74, 6) is -0.513. The third kappa shape index (κ3) is 5.17. The van der Waals surface area contributed by atoms with Crippen molar-refractivity contribution in [3.63, 3.8) is 0 Å². The van der Waals surface area contributed by atoms with E-state index in [9.17, 15) is 18.0 Å². The van der Waals surface area contributed by atoms with Gasteiger partial charge in [0.2, 0.25) is 10.0 Å². The Morgan fingerprint density at radius 1 is 1.17 bits per heavy atom. The zero-order valence-electron chi connectivity index (χ0n) is 15.6. The van der Waals surface area contributed by atoms with E-state index in [1.807, 2.05) is 17.5 Å². The molecule has 0 amide bonds. The van der Waals surface area contributed by atoms with Crippen molar-refractivity contribution in [2.45, 2.75) is 18.4 Å². The predicted molar refractivity (Wildman–Crippen MR) is 109 cm³/mol. The number of nitrogens with zero attached hydrogens (tertiary/aromatic N) is 2. The number of rotatable bonds is 8. The molecule has 0 atom stereocenters. The first kappa shape index (κ1) is 20.9. The lowest BCUT2D eigenvalue weighted by atomic mass is 10.2. The Balaban J connectivity index is 1.66. The standard InChI is InChI=1S/C19H19N3O5S2/c1-2-27-19(24)14-5-7-15(8-6-14)29(25,26)20-11-12-22-18(23)10-9-16(21-22)17-4-3-13-28-17/h3-10,13,20H,2,11-12H2,1H3. The van der Waals surface area contributed by atoms with Crippen LogP contribution in [0.5, 0.6) is 0 Å². The maximum Gasteiger partial charge on any atom is 0.338 e. The maximum absolute atomic E-state index is 12.4. The minimum atomic E-state index is -3.79. The highest BCUT2D eigenvalue weighted by Crippen LogP contribution is 2.21. The molecule has 0 fully saturated rings. The van der Waals surface area contributed by atoms with Gasteiger partial charge in [0, 0.05) is 12.6 Å². The lowest BCUT2D eigenvalue weighted by Crippen LogP contribution is -2.32. The molecule has 0 radical (unpaired) electrons. The number of carbonyl (C=O) groups is 1. The number of ether oxygens (including phenoxy) is 1. The molecule has 152 valence electrons. The summed E-state index contributed by atoms with van der Waals surface area (Å²) in [4.78, 5) is 24.6. The zero-order chi connectivity index (χ0) is 20.9. The number of thiophene rings is 1. The topological polar surface area (TPSA) is 107 Å².